The van der Waals surface area contributed by atoms with Crippen molar-refractivity contribution in [2.45, 2.75) is 18.9 Å². The number of carbonyl (C=O) groups is 1. The fourth-order valence-electron chi connectivity index (χ4n) is 2.67. The van der Waals surface area contributed by atoms with Gasteiger partial charge in [-0.1, -0.05) is 11.6 Å². The molecule has 0 aliphatic heterocycles. The van der Waals surface area contributed by atoms with Gasteiger partial charge in [0.2, 0.25) is 5.43 Å². The van der Waals surface area contributed by atoms with Crippen LogP contribution in [-0.2, 0) is 0 Å². The highest BCUT2D eigenvalue weighted by Gasteiger charge is 2.27. The lowest BCUT2D eigenvalue weighted by Crippen LogP contribution is -2.17. The van der Waals surface area contributed by atoms with Gasteiger partial charge in [0.15, 0.2) is 11.6 Å². The van der Waals surface area contributed by atoms with Crippen LogP contribution in [-0.4, -0.2) is 25.4 Å². The van der Waals surface area contributed by atoms with Crippen molar-refractivity contribution in [1.29, 1.82) is 0 Å². The molecule has 1 fully saturated rings. The molecular weight excluding hydrogens is 334 g/mol. The molecule has 7 nitrogen and oxygen atoms in total. The molecule has 0 saturated heterocycles. The first-order chi connectivity index (χ1) is 11.5. The Morgan fingerprint density at radius 2 is 2.04 bits per heavy atom. The van der Waals surface area contributed by atoms with Gasteiger partial charge in [0.1, 0.15) is 5.65 Å². The number of carboxylic acid groups (broad SMARTS) is 1. The van der Waals surface area contributed by atoms with E-state index in [2.05, 4.69) is 9.72 Å². The molecule has 1 saturated carbocycles. The second-order valence-corrected chi connectivity index (χ2v) is 5.99. The molecule has 0 bridgehead atoms. The van der Waals surface area contributed by atoms with Crippen LogP contribution >= 0.6 is 11.6 Å². The number of nitrogens with zero attached hydrogens (tertiary/aromatic N) is 3. The summed E-state index contributed by atoms with van der Waals surface area (Å²) < 4.78 is 8.17. The number of fused-ring (bicyclic) bond motifs is 1. The average molecular weight is 346 g/mol. The Labute approximate surface area is 140 Å². The second kappa shape index (κ2) is 5.38. The van der Waals surface area contributed by atoms with Crippen molar-refractivity contribution in [3.8, 4) is 11.6 Å². The van der Waals surface area contributed by atoms with Crippen LogP contribution < -0.4 is 10.2 Å². The topological polar surface area (TPSA) is 86.3 Å². The molecule has 4 rings (SSSR count). The molecule has 3 aromatic rings. The van der Waals surface area contributed by atoms with Gasteiger partial charge in [-0.05, 0) is 31.0 Å². The third-order valence-electron chi connectivity index (χ3n) is 3.89. The number of hydrogen-bond donors (Lipinski definition) is 1. The number of aromatic nitrogens is 3. The van der Waals surface area contributed by atoms with Crippen LogP contribution in [0, 0.1) is 0 Å². The van der Waals surface area contributed by atoms with Gasteiger partial charge in [0.25, 0.3) is 0 Å². The van der Waals surface area contributed by atoms with Gasteiger partial charge in [-0.25, -0.2) is 9.78 Å². The Morgan fingerprint density at radius 1 is 1.33 bits per heavy atom. The summed E-state index contributed by atoms with van der Waals surface area (Å²) in [5, 5.41) is 9.35. The van der Waals surface area contributed by atoms with E-state index in [1.54, 1.807) is 9.13 Å². The molecule has 0 atom stereocenters. The third kappa shape index (κ3) is 2.43. The molecule has 3 aromatic heterocycles. The highest BCUT2D eigenvalue weighted by atomic mass is 35.5. The Balaban J connectivity index is 2.01. The number of pyridine rings is 2. The zero-order chi connectivity index (χ0) is 16.8. The fourth-order valence-corrected chi connectivity index (χ4v) is 2.92. The van der Waals surface area contributed by atoms with Crippen molar-refractivity contribution < 1.29 is 14.6 Å². The molecule has 0 amide bonds. The summed E-state index contributed by atoms with van der Waals surface area (Å²) >= 11 is 6.28. The van der Waals surface area contributed by atoms with Crippen molar-refractivity contribution in [1.82, 2.24) is 14.1 Å². The normalized spacial score (nSPS) is 14.0. The third-order valence-corrected chi connectivity index (χ3v) is 4.17. The Kier molecular flexibility index (Phi) is 3.31. The van der Waals surface area contributed by atoms with Crippen LogP contribution in [0.15, 0.2) is 41.6 Å². The first kappa shape index (κ1) is 14.8. The van der Waals surface area contributed by atoms with E-state index in [9.17, 15) is 9.59 Å². The molecule has 8 heteroatoms. The van der Waals surface area contributed by atoms with Gasteiger partial charge in [-0.2, -0.15) is 0 Å². The largest absolute Gasteiger partial charge is 0.511 e. The van der Waals surface area contributed by atoms with Crippen LogP contribution in [0.1, 0.15) is 18.9 Å². The maximum absolute atomic E-state index is 12.5. The van der Waals surface area contributed by atoms with E-state index in [0.717, 1.165) is 12.8 Å². The Hall–Kier alpha value is -2.80. The van der Waals surface area contributed by atoms with Gasteiger partial charge in [0.05, 0.1) is 16.6 Å². The summed E-state index contributed by atoms with van der Waals surface area (Å²) in [6, 6.07) is 5.38. The lowest BCUT2D eigenvalue weighted by molar-refractivity contribution is 0.143. The summed E-state index contributed by atoms with van der Waals surface area (Å²) in [5.41, 5.74) is -0.0777. The molecular formula is C16H12ClN3O4. The van der Waals surface area contributed by atoms with E-state index in [0.29, 0.717) is 16.5 Å². The smallest absolute Gasteiger partial charge is 0.449 e. The van der Waals surface area contributed by atoms with Crippen LogP contribution in [0.3, 0.4) is 0 Å². The molecule has 0 radical (unpaired) electrons. The number of rotatable bonds is 3. The SMILES string of the molecule is O=C(O)Oc1cn(C2CC2)c2nc(-n3cccc3)c(Cl)cc2c1=O. The van der Waals surface area contributed by atoms with E-state index in [1.165, 1.54) is 12.3 Å². The molecule has 1 aliphatic carbocycles. The minimum Gasteiger partial charge on any atom is -0.449 e. The zero-order valence-corrected chi connectivity index (χ0v) is 13.1. The molecule has 24 heavy (non-hydrogen) atoms. The van der Waals surface area contributed by atoms with Gasteiger partial charge in [-0.3, -0.25) is 4.79 Å². The second-order valence-electron chi connectivity index (χ2n) is 5.58. The number of hydrogen-bond acceptors (Lipinski definition) is 4. The molecule has 1 aliphatic rings. The Bertz CT molecular complexity index is 1010. The number of halogens is 1. The minimum atomic E-state index is -1.53. The van der Waals surface area contributed by atoms with Gasteiger partial charge in [-0.15, -0.1) is 0 Å². The molecule has 0 aromatic carbocycles. The van der Waals surface area contributed by atoms with Crippen LogP contribution in [0.2, 0.25) is 5.02 Å². The van der Waals surface area contributed by atoms with Gasteiger partial charge in [0, 0.05) is 18.4 Å². The summed E-state index contributed by atoms with van der Waals surface area (Å²) in [5.74, 6) is 0.267. The van der Waals surface area contributed by atoms with Crippen molar-refractivity contribution in [2.24, 2.45) is 0 Å². The van der Waals surface area contributed by atoms with Crippen molar-refractivity contribution in [3.05, 3.63) is 52.0 Å². The quantitative estimate of drug-likeness (QED) is 0.736. The van der Waals surface area contributed by atoms with Crippen LogP contribution in [0.25, 0.3) is 16.9 Å². The Morgan fingerprint density at radius 3 is 2.67 bits per heavy atom. The number of ether oxygens (including phenoxy) is 1. The summed E-state index contributed by atoms with van der Waals surface area (Å²) in [6.07, 6.45) is 5.37. The lowest BCUT2D eigenvalue weighted by atomic mass is 10.2. The first-order valence-corrected chi connectivity index (χ1v) is 7.72. The fraction of sp³-hybridized carbons (Fsp3) is 0.188. The van der Waals surface area contributed by atoms with Crippen molar-refractivity contribution >= 4 is 28.8 Å². The van der Waals surface area contributed by atoms with E-state index in [-0.39, 0.29) is 17.2 Å². The molecule has 0 spiro atoms. The molecule has 1 N–H and O–H groups in total. The van der Waals surface area contributed by atoms with Gasteiger partial charge >= 0.3 is 6.16 Å². The van der Waals surface area contributed by atoms with Crippen molar-refractivity contribution in [2.75, 3.05) is 0 Å². The van der Waals surface area contributed by atoms with E-state index < -0.39 is 11.6 Å². The standard InChI is InChI=1S/C16H12ClN3O4/c17-11-7-10-13(21)12(24-16(22)23)8-20(9-3-4-9)14(10)18-15(11)19-5-1-2-6-19/h1-2,5-9H,3-4H2,(H,22,23). The average Bonchev–Trinajstić information content (AvgIpc) is 3.24. The maximum Gasteiger partial charge on any atom is 0.511 e. The summed E-state index contributed by atoms with van der Waals surface area (Å²) in [4.78, 5) is 27.9. The monoisotopic (exact) mass is 345 g/mol. The zero-order valence-electron chi connectivity index (χ0n) is 12.3. The summed E-state index contributed by atoms with van der Waals surface area (Å²) in [7, 11) is 0. The molecule has 3 heterocycles. The minimum absolute atomic E-state index is 0.176. The van der Waals surface area contributed by atoms with Crippen molar-refractivity contribution in [3.63, 3.8) is 0 Å². The highest BCUT2D eigenvalue weighted by Crippen LogP contribution is 2.38. The molecule has 122 valence electrons. The van der Waals surface area contributed by atoms with E-state index >= 15 is 0 Å². The maximum atomic E-state index is 12.5. The molecule has 0 unspecified atom stereocenters. The summed E-state index contributed by atoms with van der Waals surface area (Å²) in [6.45, 7) is 0. The van der Waals surface area contributed by atoms with Crippen LogP contribution in [0.5, 0.6) is 5.75 Å². The lowest BCUT2D eigenvalue weighted by Gasteiger charge is -2.13. The van der Waals surface area contributed by atoms with Gasteiger partial charge < -0.3 is 19.0 Å². The van der Waals surface area contributed by atoms with Crippen LogP contribution in [0.4, 0.5) is 4.79 Å². The first-order valence-electron chi connectivity index (χ1n) is 7.34. The highest BCUT2D eigenvalue weighted by molar-refractivity contribution is 6.32. The van der Waals surface area contributed by atoms with E-state index in [1.807, 2.05) is 24.5 Å². The predicted octanol–water partition coefficient (Wildman–Crippen LogP) is 3.23. The predicted molar refractivity (Wildman–Crippen MR) is 87.3 cm³/mol. The van der Waals surface area contributed by atoms with E-state index in [4.69, 9.17) is 16.7 Å².